The highest BCUT2D eigenvalue weighted by molar-refractivity contribution is 9.10. The minimum Gasteiger partial charge on any atom is -0.489 e. The fourth-order valence-corrected chi connectivity index (χ4v) is 5.94. The van der Waals surface area contributed by atoms with Gasteiger partial charge in [-0.25, -0.2) is 8.42 Å². The SMILES string of the molecule is O=S(=O)(c1ccc(OCc2ccccc2)cc1OCc1ccccc1)N1Cc2ccc(Br)cc2C1. The lowest BCUT2D eigenvalue weighted by Crippen LogP contribution is -2.26. The molecule has 4 aromatic rings. The molecule has 0 saturated carbocycles. The van der Waals surface area contributed by atoms with E-state index in [0.717, 1.165) is 26.7 Å². The van der Waals surface area contributed by atoms with Gasteiger partial charge in [0.05, 0.1) is 0 Å². The zero-order valence-corrected chi connectivity index (χ0v) is 21.3. The van der Waals surface area contributed by atoms with Crippen LogP contribution in [-0.4, -0.2) is 12.7 Å². The maximum atomic E-state index is 13.7. The molecule has 0 saturated heterocycles. The monoisotopic (exact) mass is 549 g/mol. The van der Waals surface area contributed by atoms with Gasteiger partial charge in [0.1, 0.15) is 29.6 Å². The zero-order chi connectivity index (χ0) is 24.3. The van der Waals surface area contributed by atoms with Crippen LogP contribution in [0.5, 0.6) is 11.5 Å². The summed E-state index contributed by atoms with van der Waals surface area (Å²) in [5.74, 6) is 0.820. The molecule has 0 aliphatic carbocycles. The fraction of sp³-hybridized carbons (Fsp3) is 0.143. The number of halogens is 1. The molecule has 7 heteroatoms. The quantitative estimate of drug-likeness (QED) is 0.258. The molecule has 0 spiro atoms. The second-order valence-corrected chi connectivity index (χ2v) is 11.2. The first-order chi connectivity index (χ1) is 17.0. The number of rotatable bonds is 8. The zero-order valence-electron chi connectivity index (χ0n) is 18.9. The molecule has 4 aromatic carbocycles. The Hall–Kier alpha value is -3.13. The lowest BCUT2D eigenvalue weighted by molar-refractivity contribution is 0.283. The predicted octanol–water partition coefficient (Wildman–Crippen LogP) is 6.31. The van der Waals surface area contributed by atoms with Crippen molar-refractivity contribution < 1.29 is 17.9 Å². The van der Waals surface area contributed by atoms with Crippen LogP contribution in [0.3, 0.4) is 0 Å². The Bertz CT molecular complexity index is 1430. The van der Waals surface area contributed by atoms with Crippen molar-refractivity contribution in [3.8, 4) is 11.5 Å². The summed E-state index contributed by atoms with van der Waals surface area (Å²) in [5.41, 5.74) is 3.98. The molecule has 0 radical (unpaired) electrons. The molecule has 5 nitrogen and oxygen atoms in total. The van der Waals surface area contributed by atoms with Crippen molar-refractivity contribution in [2.45, 2.75) is 31.2 Å². The Balaban J connectivity index is 1.43. The first-order valence-electron chi connectivity index (χ1n) is 11.2. The summed E-state index contributed by atoms with van der Waals surface area (Å²) in [6, 6.07) is 30.3. The number of nitrogens with zero attached hydrogens (tertiary/aromatic N) is 1. The summed E-state index contributed by atoms with van der Waals surface area (Å²) >= 11 is 3.47. The summed E-state index contributed by atoms with van der Waals surface area (Å²) in [4.78, 5) is 0.132. The topological polar surface area (TPSA) is 55.8 Å². The third kappa shape index (κ3) is 5.42. The van der Waals surface area contributed by atoms with E-state index in [2.05, 4.69) is 15.9 Å². The average molecular weight is 550 g/mol. The lowest BCUT2D eigenvalue weighted by atomic mass is 10.1. The van der Waals surface area contributed by atoms with Gasteiger partial charge in [0.15, 0.2) is 0 Å². The van der Waals surface area contributed by atoms with Crippen molar-refractivity contribution >= 4 is 26.0 Å². The minimum atomic E-state index is -3.80. The van der Waals surface area contributed by atoms with E-state index in [4.69, 9.17) is 9.47 Å². The number of fused-ring (bicyclic) bond motifs is 1. The fourth-order valence-electron chi connectivity index (χ4n) is 4.02. The molecular formula is C28H24BrNO4S. The molecule has 5 rings (SSSR count). The Morgan fingerprint density at radius 2 is 1.34 bits per heavy atom. The first-order valence-corrected chi connectivity index (χ1v) is 13.5. The third-order valence-electron chi connectivity index (χ3n) is 5.88. The maximum Gasteiger partial charge on any atom is 0.247 e. The molecule has 1 aliphatic rings. The van der Waals surface area contributed by atoms with Gasteiger partial charge in [0.2, 0.25) is 10.0 Å². The van der Waals surface area contributed by atoms with Crippen LogP contribution in [0, 0.1) is 0 Å². The highest BCUT2D eigenvalue weighted by atomic mass is 79.9. The molecule has 0 fully saturated rings. The largest absolute Gasteiger partial charge is 0.489 e. The average Bonchev–Trinajstić information content (AvgIpc) is 3.32. The molecule has 0 unspecified atom stereocenters. The van der Waals surface area contributed by atoms with E-state index in [0.29, 0.717) is 25.4 Å². The molecule has 35 heavy (non-hydrogen) atoms. The van der Waals surface area contributed by atoms with Gasteiger partial charge in [-0.15, -0.1) is 0 Å². The molecule has 0 atom stereocenters. The second-order valence-electron chi connectivity index (χ2n) is 8.34. The number of benzene rings is 4. The molecular weight excluding hydrogens is 526 g/mol. The second kappa shape index (κ2) is 10.2. The van der Waals surface area contributed by atoms with E-state index in [1.807, 2.05) is 78.9 Å². The standard InChI is InChI=1S/C28H24BrNO4S/c29-25-12-11-23-17-30(18-24(23)15-25)35(31,32)28-14-13-26(33-19-21-7-3-1-4-8-21)16-27(28)34-20-22-9-5-2-6-10-22/h1-16H,17-20H2. The van der Waals surface area contributed by atoms with Crippen molar-refractivity contribution in [1.29, 1.82) is 0 Å². The number of hydrogen-bond donors (Lipinski definition) is 0. The van der Waals surface area contributed by atoms with Gasteiger partial charge in [0, 0.05) is 23.6 Å². The van der Waals surface area contributed by atoms with Gasteiger partial charge < -0.3 is 9.47 Å². The summed E-state index contributed by atoms with van der Waals surface area (Å²) in [6.45, 7) is 1.27. The Morgan fingerprint density at radius 1 is 0.714 bits per heavy atom. The van der Waals surface area contributed by atoms with E-state index >= 15 is 0 Å². The minimum absolute atomic E-state index is 0.132. The van der Waals surface area contributed by atoms with Gasteiger partial charge in [-0.05, 0) is 46.5 Å². The molecule has 0 aromatic heterocycles. The van der Waals surface area contributed by atoms with Crippen molar-refractivity contribution in [2.75, 3.05) is 0 Å². The molecule has 0 amide bonds. The van der Waals surface area contributed by atoms with Crippen LogP contribution in [0.4, 0.5) is 0 Å². The normalized spacial score (nSPS) is 13.4. The summed E-state index contributed by atoms with van der Waals surface area (Å²) in [6.07, 6.45) is 0. The first kappa shape index (κ1) is 23.6. The molecule has 1 aliphatic heterocycles. The van der Waals surface area contributed by atoms with Gasteiger partial charge in [0.25, 0.3) is 0 Å². The van der Waals surface area contributed by atoms with Crippen molar-refractivity contribution in [3.63, 3.8) is 0 Å². The summed E-state index contributed by atoms with van der Waals surface area (Å²) < 4.78 is 41.8. The molecule has 0 bridgehead atoms. The molecule has 1 heterocycles. The summed E-state index contributed by atoms with van der Waals surface area (Å²) in [5, 5.41) is 0. The number of sulfonamides is 1. The van der Waals surface area contributed by atoms with Crippen LogP contribution in [0.2, 0.25) is 0 Å². The predicted molar refractivity (Wildman–Crippen MR) is 139 cm³/mol. The molecule has 178 valence electrons. The van der Waals surface area contributed by atoms with E-state index in [9.17, 15) is 8.42 Å². The smallest absolute Gasteiger partial charge is 0.247 e. The van der Waals surface area contributed by atoms with Crippen molar-refractivity contribution in [2.24, 2.45) is 0 Å². The van der Waals surface area contributed by atoms with Crippen LogP contribution >= 0.6 is 15.9 Å². The van der Waals surface area contributed by atoms with Crippen LogP contribution in [0.15, 0.2) is 106 Å². The van der Waals surface area contributed by atoms with Gasteiger partial charge in [-0.3, -0.25) is 0 Å². The number of ether oxygens (including phenoxy) is 2. The highest BCUT2D eigenvalue weighted by Gasteiger charge is 2.33. The lowest BCUT2D eigenvalue weighted by Gasteiger charge is -2.19. The Morgan fingerprint density at radius 3 is 2.03 bits per heavy atom. The Labute approximate surface area is 214 Å². The summed E-state index contributed by atoms with van der Waals surface area (Å²) in [7, 11) is -3.80. The van der Waals surface area contributed by atoms with Gasteiger partial charge >= 0.3 is 0 Å². The maximum absolute atomic E-state index is 13.7. The van der Waals surface area contributed by atoms with Crippen LogP contribution in [0.25, 0.3) is 0 Å². The van der Waals surface area contributed by atoms with Gasteiger partial charge in [-0.1, -0.05) is 82.7 Å². The molecule has 0 N–H and O–H groups in total. The highest BCUT2D eigenvalue weighted by Crippen LogP contribution is 2.36. The van der Waals surface area contributed by atoms with E-state index in [-0.39, 0.29) is 17.3 Å². The van der Waals surface area contributed by atoms with Gasteiger partial charge in [-0.2, -0.15) is 4.31 Å². The van der Waals surface area contributed by atoms with Crippen molar-refractivity contribution in [3.05, 3.63) is 124 Å². The van der Waals surface area contributed by atoms with Crippen LogP contribution < -0.4 is 9.47 Å². The van der Waals surface area contributed by atoms with E-state index in [1.165, 1.54) is 4.31 Å². The third-order valence-corrected chi connectivity index (χ3v) is 8.20. The van der Waals surface area contributed by atoms with Crippen LogP contribution in [-0.2, 0) is 36.3 Å². The number of hydrogen-bond acceptors (Lipinski definition) is 4. The van der Waals surface area contributed by atoms with E-state index < -0.39 is 10.0 Å². The van der Waals surface area contributed by atoms with Crippen LogP contribution in [0.1, 0.15) is 22.3 Å². The van der Waals surface area contributed by atoms with Crippen molar-refractivity contribution in [1.82, 2.24) is 4.31 Å². The Kier molecular flexibility index (Phi) is 6.90. The van der Waals surface area contributed by atoms with E-state index in [1.54, 1.807) is 18.2 Å².